The fourth-order valence-corrected chi connectivity index (χ4v) is 1.69. The Bertz CT molecular complexity index is 557. The third-order valence-electron chi connectivity index (χ3n) is 1.99. The highest BCUT2D eigenvalue weighted by atomic mass is 32.1. The predicted octanol–water partition coefficient (Wildman–Crippen LogP) is 2.26. The number of carbonyl (C=O) groups excluding carboxylic acids is 1. The Balaban J connectivity index is 2.25. The van der Waals surface area contributed by atoms with Crippen LogP contribution in [-0.4, -0.2) is 10.9 Å². The summed E-state index contributed by atoms with van der Waals surface area (Å²) in [7, 11) is 0. The van der Waals surface area contributed by atoms with Crippen LogP contribution in [0.25, 0.3) is 0 Å². The van der Waals surface area contributed by atoms with E-state index in [2.05, 4.69) is 10.3 Å². The van der Waals surface area contributed by atoms with Crippen molar-refractivity contribution in [3.05, 3.63) is 40.4 Å². The van der Waals surface area contributed by atoms with Crippen LogP contribution in [-0.2, 0) is 0 Å². The van der Waals surface area contributed by atoms with Gasteiger partial charge in [-0.2, -0.15) is 0 Å². The fraction of sp³-hybridized carbons (Fsp3) is 0. The lowest BCUT2D eigenvalue weighted by atomic mass is 10.2. The van der Waals surface area contributed by atoms with E-state index in [0.717, 1.165) is 17.4 Å². The second-order valence-corrected chi connectivity index (χ2v) is 4.06. The lowest BCUT2D eigenvalue weighted by Gasteiger charge is -2.06. The quantitative estimate of drug-likeness (QED) is 0.809. The van der Waals surface area contributed by atoms with E-state index in [-0.39, 0.29) is 11.4 Å². The molecule has 0 saturated heterocycles. The molecule has 1 aromatic carbocycles. The van der Waals surface area contributed by atoms with E-state index in [0.29, 0.717) is 10.9 Å². The Hall–Kier alpha value is -2.02. The van der Waals surface area contributed by atoms with Crippen molar-refractivity contribution < 1.29 is 13.6 Å². The van der Waals surface area contributed by atoms with Crippen LogP contribution in [0.15, 0.2) is 23.8 Å². The van der Waals surface area contributed by atoms with Gasteiger partial charge in [-0.25, -0.2) is 8.78 Å². The summed E-state index contributed by atoms with van der Waals surface area (Å²) < 4.78 is 26.2. The molecule has 2 aromatic rings. The highest BCUT2D eigenvalue weighted by molar-refractivity contribution is 7.11. The number of rotatable bonds is 2. The SMILES string of the molecule is Nc1cc(NC(=O)c2cncs2)c(F)cc1F. The summed E-state index contributed by atoms with van der Waals surface area (Å²) in [6.07, 6.45) is 1.35. The zero-order chi connectivity index (χ0) is 12.4. The van der Waals surface area contributed by atoms with Gasteiger partial charge in [0.15, 0.2) is 0 Å². The minimum Gasteiger partial charge on any atom is -0.396 e. The molecule has 88 valence electrons. The Labute approximate surface area is 99.1 Å². The van der Waals surface area contributed by atoms with E-state index in [1.54, 1.807) is 0 Å². The number of halogens is 2. The summed E-state index contributed by atoms with van der Waals surface area (Å²) in [5.41, 5.74) is 6.36. The van der Waals surface area contributed by atoms with Crippen LogP contribution in [0.2, 0.25) is 0 Å². The van der Waals surface area contributed by atoms with Crippen LogP contribution in [0.3, 0.4) is 0 Å². The molecule has 7 heteroatoms. The van der Waals surface area contributed by atoms with Crippen LogP contribution < -0.4 is 11.1 Å². The van der Waals surface area contributed by atoms with Crippen LogP contribution in [0.1, 0.15) is 9.67 Å². The highest BCUT2D eigenvalue weighted by Crippen LogP contribution is 2.22. The molecule has 3 N–H and O–H groups in total. The first-order chi connectivity index (χ1) is 8.08. The number of benzene rings is 1. The molecule has 4 nitrogen and oxygen atoms in total. The molecule has 1 aromatic heterocycles. The van der Waals surface area contributed by atoms with Crippen molar-refractivity contribution in [3.63, 3.8) is 0 Å². The summed E-state index contributed by atoms with van der Waals surface area (Å²) in [6.45, 7) is 0. The Kier molecular flexibility index (Phi) is 3.01. The highest BCUT2D eigenvalue weighted by Gasteiger charge is 2.13. The number of hydrogen-bond acceptors (Lipinski definition) is 4. The maximum absolute atomic E-state index is 13.3. The van der Waals surface area contributed by atoms with Gasteiger partial charge >= 0.3 is 0 Å². The number of nitrogens with zero attached hydrogens (tertiary/aromatic N) is 1. The number of anilines is 2. The molecule has 0 aliphatic rings. The Morgan fingerprint density at radius 2 is 2.12 bits per heavy atom. The lowest BCUT2D eigenvalue weighted by molar-refractivity contribution is 0.103. The number of aromatic nitrogens is 1. The second kappa shape index (κ2) is 4.46. The number of carbonyl (C=O) groups is 1. The number of nitrogens with two attached hydrogens (primary N) is 1. The molecule has 0 atom stereocenters. The van der Waals surface area contributed by atoms with Crippen molar-refractivity contribution in [3.8, 4) is 0 Å². The molecule has 2 rings (SSSR count). The first-order valence-corrected chi connectivity index (χ1v) is 5.40. The molecule has 0 fully saturated rings. The summed E-state index contributed by atoms with van der Waals surface area (Å²) in [5, 5.41) is 2.29. The molecule has 0 aliphatic carbocycles. The molecule has 0 bridgehead atoms. The van der Waals surface area contributed by atoms with Crippen LogP contribution in [0, 0.1) is 11.6 Å². The van der Waals surface area contributed by atoms with Crippen molar-refractivity contribution in [2.24, 2.45) is 0 Å². The smallest absolute Gasteiger partial charge is 0.267 e. The number of thiazole rings is 1. The zero-order valence-corrected chi connectivity index (χ0v) is 9.22. The van der Waals surface area contributed by atoms with Gasteiger partial charge in [-0.3, -0.25) is 9.78 Å². The first kappa shape index (κ1) is 11.5. The third-order valence-corrected chi connectivity index (χ3v) is 2.76. The summed E-state index contributed by atoms with van der Waals surface area (Å²) in [5.74, 6) is -2.26. The van der Waals surface area contributed by atoms with Crippen molar-refractivity contribution in [2.45, 2.75) is 0 Å². The van der Waals surface area contributed by atoms with Gasteiger partial charge in [-0.1, -0.05) is 0 Å². The Morgan fingerprint density at radius 1 is 1.35 bits per heavy atom. The molecule has 1 heterocycles. The topological polar surface area (TPSA) is 68.0 Å². The lowest BCUT2D eigenvalue weighted by Crippen LogP contribution is -2.12. The van der Waals surface area contributed by atoms with Gasteiger partial charge in [0, 0.05) is 6.07 Å². The minimum absolute atomic E-state index is 0.165. The number of hydrogen-bond donors (Lipinski definition) is 2. The number of amides is 1. The number of nitrogens with one attached hydrogen (secondary N) is 1. The van der Waals surface area contributed by atoms with E-state index >= 15 is 0 Å². The van der Waals surface area contributed by atoms with Crippen LogP contribution >= 0.6 is 11.3 Å². The molecule has 0 saturated carbocycles. The average Bonchev–Trinajstić information content (AvgIpc) is 2.79. The van der Waals surface area contributed by atoms with E-state index < -0.39 is 17.5 Å². The summed E-state index contributed by atoms with van der Waals surface area (Å²) in [4.78, 5) is 15.6. The van der Waals surface area contributed by atoms with Crippen LogP contribution in [0.4, 0.5) is 20.2 Å². The number of nitrogen functional groups attached to an aromatic ring is 1. The fourth-order valence-electron chi connectivity index (χ4n) is 1.17. The van der Waals surface area contributed by atoms with Gasteiger partial charge in [0.25, 0.3) is 5.91 Å². The molecular weight excluding hydrogens is 248 g/mol. The van der Waals surface area contributed by atoms with E-state index in [1.807, 2.05) is 0 Å². The molecule has 17 heavy (non-hydrogen) atoms. The van der Waals surface area contributed by atoms with Crippen molar-refractivity contribution >= 4 is 28.6 Å². The van der Waals surface area contributed by atoms with Gasteiger partial charge in [0.1, 0.15) is 16.5 Å². The van der Waals surface area contributed by atoms with Crippen molar-refractivity contribution in [1.82, 2.24) is 4.98 Å². The molecule has 0 unspecified atom stereocenters. The molecule has 0 radical (unpaired) electrons. The largest absolute Gasteiger partial charge is 0.396 e. The van der Waals surface area contributed by atoms with E-state index in [9.17, 15) is 13.6 Å². The maximum Gasteiger partial charge on any atom is 0.267 e. The maximum atomic E-state index is 13.3. The van der Waals surface area contributed by atoms with Gasteiger partial charge in [-0.15, -0.1) is 11.3 Å². The van der Waals surface area contributed by atoms with E-state index in [1.165, 1.54) is 11.7 Å². The van der Waals surface area contributed by atoms with Gasteiger partial charge in [0.2, 0.25) is 0 Å². The Morgan fingerprint density at radius 3 is 2.76 bits per heavy atom. The van der Waals surface area contributed by atoms with Crippen LogP contribution in [0.5, 0.6) is 0 Å². The standard InChI is InChI=1S/C10H7F2N3OS/c11-5-1-6(12)8(2-7(5)13)15-10(16)9-3-14-4-17-9/h1-4H,13H2,(H,15,16). The molecule has 0 aliphatic heterocycles. The van der Waals surface area contributed by atoms with Gasteiger partial charge in [-0.05, 0) is 6.07 Å². The van der Waals surface area contributed by atoms with Gasteiger partial charge < -0.3 is 11.1 Å². The van der Waals surface area contributed by atoms with E-state index in [4.69, 9.17) is 5.73 Å². The zero-order valence-electron chi connectivity index (χ0n) is 8.41. The monoisotopic (exact) mass is 255 g/mol. The molecule has 1 amide bonds. The summed E-state index contributed by atoms with van der Waals surface area (Å²) in [6, 6.07) is 1.65. The molecule has 0 spiro atoms. The summed E-state index contributed by atoms with van der Waals surface area (Å²) >= 11 is 1.11. The first-order valence-electron chi connectivity index (χ1n) is 4.52. The minimum atomic E-state index is -0.880. The van der Waals surface area contributed by atoms with Gasteiger partial charge in [0.05, 0.1) is 23.1 Å². The molecular formula is C10H7F2N3OS. The van der Waals surface area contributed by atoms with Crippen molar-refractivity contribution in [1.29, 1.82) is 0 Å². The second-order valence-electron chi connectivity index (χ2n) is 3.17. The van der Waals surface area contributed by atoms with Crippen molar-refractivity contribution in [2.75, 3.05) is 11.1 Å². The predicted molar refractivity (Wildman–Crippen MR) is 60.8 cm³/mol. The average molecular weight is 255 g/mol. The third kappa shape index (κ3) is 2.39. The normalized spacial score (nSPS) is 10.2.